The van der Waals surface area contributed by atoms with Crippen molar-refractivity contribution in [3.05, 3.63) is 30.1 Å². The minimum absolute atomic E-state index is 0.0319. The number of aromatic nitrogens is 1. The molecule has 1 aromatic rings. The van der Waals surface area contributed by atoms with Gasteiger partial charge in [0.25, 0.3) is 0 Å². The van der Waals surface area contributed by atoms with E-state index < -0.39 is 5.92 Å². The van der Waals surface area contributed by atoms with Gasteiger partial charge >= 0.3 is 0 Å². The van der Waals surface area contributed by atoms with E-state index in [0.717, 1.165) is 5.69 Å². The molecule has 1 heterocycles. The van der Waals surface area contributed by atoms with Gasteiger partial charge in [0.15, 0.2) is 0 Å². The van der Waals surface area contributed by atoms with Crippen LogP contribution in [0.15, 0.2) is 24.4 Å². The number of rotatable bonds is 3. The summed E-state index contributed by atoms with van der Waals surface area (Å²) in [5.41, 5.74) is 0.940. The maximum absolute atomic E-state index is 13.1. The van der Waals surface area contributed by atoms with Crippen LogP contribution in [0.5, 0.6) is 0 Å². The lowest BCUT2D eigenvalue weighted by Crippen LogP contribution is -2.31. The highest BCUT2D eigenvalue weighted by Crippen LogP contribution is 2.41. The zero-order chi connectivity index (χ0) is 13.2. The number of pyridine rings is 1. The highest BCUT2D eigenvalue weighted by atomic mass is 35.5. The molecular weight excluding hydrogens is 256 g/mol. The Morgan fingerprint density at radius 2 is 2.00 bits per heavy atom. The average Bonchev–Trinajstić information content (AvgIpc) is 2.38. The molecule has 1 fully saturated rings. The van der Waals surface area contributed by atoms with Gasteiger partial charge in [0.05, 0.1) is 0 Å². The second-order valence-electron chi connectivity index (χ2n) is 5.18. The van der Waals surface area contributed by atoms with Crippen LogP contribution < -0.4 is 0 Å². The Kier molecular flexibility index (Phi) is 4.21. The molecule has 0 spiro atoms. The van der Waals surface area contributed by atoms with Crippen LogP contribution in [0, 0.1) is 5.92 Å². The van der Waals surface area contributed by atoms with Crippen molar-refractivity contribution in [2.75, 3.05) is 0 Å². The zero-order valence-corrected chi connectivity index (χ0v) is 11.2. The van der Waals surface area contributed by atoms with Crippen LogP contribution in [0.3, 0.4) is 0 Å². The molecule has 0 radical (unpaired) electrons. The molecule has 1 aliphatic carbocycles. The van der Waals surface area contributed by atoms with Crippen LogP contribution in [0.1, 0.15) is 44.2 Å². The summed E-state index contributed by atoms with van der Waals surface area (Å²) in [5.74, 6) is -2.21. The highest BCUT2D eigenvalue weighted by Gasteiger charge is 2.38. The first-order chi connectivity index (χ1) is 8.49. The SMILES string of the molecule is CC(c1ccccn1)C(Cl)C1CCC(F)(F)CC1. The van der Waals surface area contributed by atoms with E-state index in [0.29, 0.717) is 12.8 Å². The van der Waals surface area contributed by atoms with Crippen molar-refractivity contribution in [2.45, 2.75) is 49.8 Å². The van der Waals surface area contributed by atoms with Crippen LogP contribution in [-0.2, 0) is 0 Å². The first-order valence-corrected chi connectivity index (χ1v) is 6.86. The first kappa shape index (κ1) is 13.7. The Bertz CT molecular complexity index is 373. The molecule has 2 atom stereocenters. The molecule has 4 heteroatoms. The van der Waals surface area contributed by atoms with E-state index in [-0.39, 0.29) is 30.1 Å². The second-order valence-corrected chi connectivity index (χ2v) is 5.69. The van der Waals surface area contributed by atoms with Gasteiger partial charge in [-0.25, -0.2) is 8.78 Å². The number of halogens is 3. The fourth-order valence-electron chi connectivity index (χ4n) is 2.60. The van der Waals surface area contributed by atoms with E-state index in [4.69, 9.17) is 11.6 Å². The topological polar surface area (TPSA) is 12.9 Å². The molecular formula is C14H18ClF2N. The Balaban J connectivity index is 1.98. The van der Waals surface area contributed by atoms with Crippen LogP contribution >= 0.6 is 11.6 Å². The molecule has 100 valence electrons. The van der Waals surface area contributed by atoms with Crippen molar-refractivity contribution >= 4 is 11.6 Å². The third-order valence-corrected chi connectivity index (χ3v) is 4.58. The third-order valence-electron chi connectivity index (χ3n) is 3.84. The standard InChI is InChI=1S/C14H18ClF2N/c1-10(12-4-2-3-9-18-12)13(15)11-5-7-14(16,17)8-6-11/h2-4,9-11,13H,5-8H2,1H3. The molecule has 1 saturated carbocycles. The van der Waals surface area contributed by atoms with E-state index in [1.54, 1.807) is 6.20 Å². The predicted octanol–water partition coefficient (Wildman–Crippen LogP) is 4.62. The molecule has 1 aliphatic rings. The van der Waals surface area contributed by atoms with Gasteiger partial charge in [0, 0.05) is 36.0 Å². The predicted molar refractivity (Wildman–Crippen MR) is 69.2 cm³/mol. The maximum Gasteiger partial charge on any atom is 0.248 e. The lowest BCUT2D eigenvalue weighted by Gasteiger charge is -2.33. The van der Waals surface area contributed by atoms with Gasteiger partial charge in [-0.05, 0) is 30.9 Å². The summed E-state index contributed by atoms with van der Waals surface area (Å²) in [5, 5.41) is -0.115. The quantitative estimate of drug-likeness (QED) is 0.733. The van der Waals surface area contributed by atoms with Gasteiger partial charge in [-0.15, -0.1) is 11.6 Å². The normalized spacial score (nSPS) is 23.6. The minimum atomic E-state index is -2.48. The molecule has 0 bridgehead atoms. The van der Waals surface area contributed by atoms with Crippen molar-refractivity contribution < 1.29 is 8.78 Å². The van der Waals surface area contributed by atoms with Crippen molar-refractivity contribution in [2.24, 2.45) is 5.92 Å². The lowest BCUT2D eigenvalue weighted by molar-refractivity contribution is -0.0465. The summed E-state index contributed by atoms with van der Waals surface area (Å²) in [4.78, 5) is 4.29. The molecule has 0 aromatic carbocycles. The van der Waals surface area contributed by atoms with E-state index in [9.17, 15) is 8.78 Å². The molecule has 18 heavy (non-hydrogen) atoms. The number of hydrogen-bond acceptors (Lipinski definition) is 1. The molecule has 0 amide bonds. The van der Waals surface area contributed by atoms with Crippen molar-refractivity contribution in [3.63, 3.8) is 0 Å². The highest BCUT2D eigenvalue weighted by molar-refractivity contribution is 6.21. The Hall–Kier alpha value is -0.700. The van der Waals surface area contributed by atoms with Crippen LogP contribution in [-0.4, -0.2) is 16.3 Å². The largest absolute Gasteiger partial charge is 0.261 e. The average molecular weight is 274 g/mol. The molecule has 0 N–H and O–H groups in total. The summed E-state index contributed by atoms with van der Waals surface area (Å²) in [6.07, 6.45) is 2.70. The van der Waals surface area contributed by atoms with E-state index >= 15 is 0 Å². The van der Waals surface area contributed by atoms with E-state index in [1.165, 1.54) is 0 Å². The maximum atomic E-state index is 13.1. The number of alkyl halides is 3. The van der Waals surface area contributed by atoms with Gasteiger partial charge < -0.3 is 0 Å². The van der Waals surface area contributed by atoms with Gasteiger partial charge in [-0.1, -0.05) is 13.0 Å². The number of hydrogen-bond donors (Lipinski definition) is 0. The summed E-state index contributed by atoms with van der Waals surface area (Å²) in [6.45, 7) is 2.02. The van der Waals surface area contributed by atoms with Crippen LogP contribution in [0.25, 0.3) is 0 Å². The van der Waals surface area contributed by atoms with Crippen molar-refractivity contribution in [3.8, 4) is 0 Å². The Morgan fingerprint density at radius 3 is 2.56 bits per heavy atom. The van der Waals surface area contributed by atoms with Crippen molar-refractivity contribution in [1.29, 1.82) is 0 Å². The summed E-state index contributed by atoms with van der Waals surface area (Å²) >= 11 is 6.45. The Morgan fingerprint density at radius 1 is 1.33 bits per heavy atom. The number of nitrogens with zero attached hydrogens (tertiary/aromatic N) is 1. The van der Waals surface area contributed by atoms with E-state index in [1.807, 2.05) is 25.1 Å². The zero-order valence-electron chi connectivity index (χ0n) is 10.5. The van der Waals surface area contributed by atoms with Gasteiger partial charge in [-0.3, -0.25) is 4.98 Å². The van der Waals surface area contributed by atoms with Crippen molar-refractivity contribution in [1.82, 2.24) is 4.98 Å². The fraction of sp³-hybridized carbons (Fsp3) is 0.643. The molecule has 1 nitrogen and oxygen atoms in total. The van der Waals surface area contributed by atoms with Crippen LogP contribution in [0.2, 0.25) is 0 Å². The first-order valence-electron chi connectivity index (χ1n) is 6.42. The molecule has 2 unspecified atom stereocenters. The van der Waals surface area contributed by atoms with Crippen LogP contribution in [0.4, 0.5) is 8.78 Å². The smallest absolute Gasteiger partial charge is 0.248 e. The van der Waals surface area contributed by atoms with E-state index in [2.05, 4.69) is 4.98 Å². The summed E-state index contributed by atoms with van der Waals surface area (Å²) < 4.78 is 26.2. The monoisotopic (exact) mass is 273 g/mol. The van der Waals surface area contributed by atoms with Gasteiger partial charge in [-0.2, -0.15) is 0 Å². The minimum Gasteiger partial charge on any atom is -0.261 e. The fourth-order valence-corrected chi connectivity index (χ4v) is 2.98. The molecule has 0 saturated heterocycles. The summed E-state index contributed by atoms with van der Waals surface area (Å²) in [6, 6.07) is 5.73. The second kappa shape index (κ2) is 5.52. The Labute approximate surface area is 112 Å². The van der Waals surface area contributed by atoms with Gasteiger partial charge in [0.2, 0.25) is 5.92 Å². The molecule has 1 aromatic heterocycles. The third kappa shape index (κ3) is 3.19. The lowest BCUT2D eigenvalue weighted by atomic mass is 9.80. The van der Waals surface area contributed by atoms with Gasteiger partial charge in [0.1, 0.15) is 0 Å². The molecule has 0 aliphatic heterocycles. The molecule has 2 rings (SSSR count). The summed E-state index contributed by atoms with van der Waals surface area (Å²) in [7, 11) is 0.